The lowest BCUT2D eigenvalue weighted by Crippen LogP contribution is -1.99. The fraction of sp³-hybridized carbons (Fsp3) is 0.278. The van der Waals surface area contributed by atoms with Crippen molar-refractivity contribution in [2.24, 2.45) is 0 Å². The van der Waals surface area contributed by atoms with Crippen molar-refractivity contribution < 1.29 is 9.15 Å². The molecule has 0 saturated heterocycles. The lowest BCUT2D eigenvalue weighted by Gasteiger charge is -2.09. The molecule has 0 aliphatic heterocycles. The highest BCUT2D eigenvalue weighted by molar-refractivity contribution is 5.84. The summed E-state index contributed by atoms with van der Waals surface area (Å²) in [6.45, 7) is 0.541. The SMILES string of the molecule is c1cncc(COc2ccc3oc4c(c3c2)CCCC4)c1. The van der Waals surface area contributed by atoms with Crippen molar-refractivity contribution in [1.29, 1.82) is 0 Å². The Morgan fingerprint density at radius 3 is 3.00 bits per heavy atom. The minimum Gasteiger partial charge on any atom is -0.489 e. The molecule has 106 valence electrons. The standard InChI is InChI=1S/C18H17NO2/c1-2-6-17-15(5-1)16-10-14(7-8-18(16)21-17)20-12-13-4-3-9-19-11-13/h3-4,7-11H,1-2,5-6,12H2. The Labute approximate surface area is 123 Å². The third-order valence-corrected chi connectivity index (χ3v) is 4.05. The number of aromatic nitrogens is 1. The maximum absolute atomic E-state index is 5.94. The van der Waals surface area contributed by atoms with Gasteiger partial charge in [-0.15, -0.1) is 0 Å². The van der Waals surface area contributed by atoms with E-state index in [4.69, 9.17) is 9.15 Å². The minimum atomic E-state index is 0.541. The second-order valence-electron chi connectivity index (χ2n) is 5.52. The fourth-order valence-electron chi connectivity index (χ4n) is 2.98. The van der Waals surface area contributed by atoms with Crippen molar-refractivity contribution in [3.63, 3.8) is 0 Å². The van der Waals surface area contributed by atoms with E-state index in [1.54, 1.807) is 6.20 Å². The van der Waals surface area contributed by atoms with Crippen molar-refractivity contribution in [2.45, 2.75) is 32.3 Å². The summed E-state index contributed by atoms with van der Waals surface area (Å²) in [4.78, 5) is 4.10. The molecule has 1 aromatic carbocycles. The maximum atomic E-state index is 5.94. The predicted octanol–water partition coefficient (Wildman–Crippen LogP) is 4.29. The molecular formula is C18H17NO2. The molecule has 4 rings (SSSR count). The Balaban J connectivity index is 1.61. The fourth-order valence-corrected chi connectivity index (χ4v) is 2.98. The molecule has 0 unspecified atom stereocenters. The van der Waals surface area contributed by atoms with E-state index in [9.17, 15) is 0 Å². The van der Waals surface area contributed by atoms with Crippen LogP contribution in [0.2, 0.25) is 0 Å². The molecular weight excluding hydrogens is 262 g/mol. The summed E-state index contributed by atoms with van der Waals surface area (Å²) in [5.74, 6) is 2.06. The summed E-state index contributed by atoms with van der Waals surface area (Å²) < 4.78 is 11.8. The van der Waals surface area contributed by atoms with Crippen LogP contribution < -0.4 is 4.74 Å². The first-order valence-corrected chi connectivity index (χ1v) is 7.46. The summed E-state index contributed by atoms with van der Waals surface area (Å²) in [6.07, 6.45) is 8.27. The predicted molar refractivity (Wildman–Crippen MR) is 81.4 cm³/mol. The lowest BCUT2D eigenvalue weighted by atomic mass is 9.96. The molecule has 0 radical (unpaired) electrons. The van der Waals surface area contributed by atoms with Gasteiger partial charge in [-0.05, 0) is 43.5 Å². The van der Waals surface area contributed by atoms with E-state index >= 15 is 0 Å². The van der Waals surface area contributed by atoms with Gasteiger partial charge in [-0.2, -0.15) is 0 Å². The molecule has 0 saturated carbocycles. The smallest absolute Gasteiger partial charge is 0.134 e. The molecule has 3 heteroatoms. The summed E-state index contributed by atoms with van der Waals surface area (Å²) in [6, 6.07) is 10.1. The van der Waals surface area contributed by atoms with Gasteiger partial charge < -0.3 is 9.15 Å². The van der Waals surface area contributed by atoms with Crippen LogP contribution in [0.3, 0.4) is 0 Å². The van der Waals surface area contributed by atoms with Crippen LogP contribution in [0.15, 0.2) is 47.1 Å². The molecule has 0 fully saturated rings. The normalized spacial score (nSPS) is 14.1. The van der Waals surface area contributed by atoms with Crippen LogP contribution in [0.5, 0.6) is 5.75 Å². The van der Waals surface area contributed by atoms with E-state index in [0.29, 0.717) is 6.61 Å². The molecule has 0 spiro atoms. The molecule has 0 amide bonds. The number of ether oxygens (including phenoxy) is 1. The van der Waals surface area contributed by atoms with Crippen molar-refractivity contribution in [2.75, 3.05) is 0 Å². The minimum absolute atomic E-state index is 0.541. The number of rotatable bonds is 3. The Kier molecular flexibility index (Phi) is 3.11. The highest BCUT2D eigenvalue weighted by Gasteiger charge is 2.17. The van der Waals surface area contributed by atoms with E-state index in [1.165, 1.54) is 29.6 Å². The van der Waals surface area contributed by atoms with E-state index in [1.807, 2.05) is 30.5 Å². The van der Waals surface area contributed by atoms with Crippen LogP contribution in [0.1, 0.15) is 29.7 Å². The van der Waals surface area contributed by atoms with Gasteiger partial charge >= 0.3 is 0 Å². The number of fused-ring (bicyclic) bond motifs is 3. The first-order chi connectivity index (χ1) is 10.4. The van der Waals surface area contributed by atoms with Crippen molar-refractivity contribution in [3.8, 4) is 5.75 Å². The number of furan rings is 1. The van der Waals surface area contributed by atoms with Crippen LogP contribution in [0.25, 0.3) is 11.0 Å². The van der Waals surface area contributed by atoms with Gasteiger partial charge in [0.05, 0.1) is 0 Å². The average molecular weight is 279 g/mol. The molecule has 3 aromatic rings. The Bertz CT molecular complexity index is 761. The van der Waals surface area contributed by atoms with Crippen molar-refractivity contribution in [1.82, 2.24) is 4.98 Å². The second-order valence-corrected chi connectivity index (χ2v) is 5.52. The van der Waals surface area contributed by atoms with Gasteiger partial charge in [0, 0.05) is 35.3 Å². The zero-order chi connectivity index (χ0) is 14.1. The third kappa shape index (κ3) is 2.40. The highest BCUT2D eigenvalue weighted by Crippen LogP contribution is 2.34. The zero-order valence-corrected chi connectivity index (χ0v) is 11.8. The van der Waals surface area contributed by atoms with Gasteiger partial charge in [-0.25, -0.2) is 0 Å². The van der Waals surface area contributed by atoms with Crippen LogP contribution in [0, 0.1) is 0 Å². The van der Waals surface area contributed by atoms with Crippen molar-refractivity contribution >= 4 is 11.0 Å². The quantitative estimate of drug-likeness (QED) is 0.717. The van der Waals surface area contributed by atoms with E-state index in [-0.39, 0.29) is 0 Å². The van der Waals surface area contributed by atoms with Gasteiger partial charge in [0.1, 0.15) is 23.7 Å². The molecule has 1 aliphatic rings. The second kappa shape index (κ2) is 5.24. The molecule has 0 bridgehead atoms. The summed E-state index contributed by atoms with van der Waals surface area (Å²) in [5.41, 5.74) is 3.44. The molecule has 1 aliphatic carbocycles. The molecule has 0 N–H and O–H groups in total. The lowest BCUT2D eigenvalue weighted by molar-refractivity contribution is 0.306. The average Bonchev–Trinajstić information content (AvgIpc) is 2.92. The monoisotopic (exact) mass is 279 g/mol. The summed E-state index contributed by atoms with van der Waals surface area (Å²) >= 11 is 0. The van der Waals surface area contributed by atoms with Gasteiger partial charge in [0.25, 0.3) is 0 Å². The molecule has 2 aromatic heterocycles. The number of nitrogens with zero attached hydrogens (tertiary/aromatic N) is 1. The Morgan fingerprint density at radius 2 is 2.10 bits per heavy atom. The number of benzene rings is 1. The molecule has 2 heterocycles. The van der Waals surface area contributed by atoms with E-state index in [0.717, 1.165) is 29.7 Å². The number of aryl methyl sites for hydroxylation is 2. The number of hydrogen-bond donors (Lipinski definition) is 0. The molecule has 3 nitrogen and oxygen atoms in total. The Morgan fingerprint density at radius 1 is 1.14 bits per heavy atom. The number of pyridine rings is 1. The summed E-state index contributed by atoms with van der Waals surface area (Å²) in [5, 5.41) is 1.22. The Hall–Kier alpha value is -2.29. The largest absolute Gasteiger partial charge is 0.489 e. The zero-order valence-electron chi connectivity index (χ0n) is 11.8. The van der Waals surface area contributed by atoms with Crippen LogP contribution in [-0.4, -0.2) is 4.98 Å². The molecule has 21 heavy (non-hydrogen) atoms. The van der Waals surface area contributed by atoms with E-state index in [2.05, 4.69) is 11.1 Å². The van der Waals surface area contributed by atoms with Crippen molar-refractivity contribution in [3.05, 3.63) is 59.6 Å². The maximum Gasteiger partial charge on any atom is 0.134 e. The number of hydrogen-bond acceptors (Lipinski definition) is 3. The first kappa shape index (κ1) is 12.5. The van der Waals surface area contributed by atoms with Gasteiger partial charge in [0.2, 0.25) is 0 Å². The first-order valence-electron chi connectivity index (χ1n) is 7.46. The van der Waals surface area contributed by atoms with Crippen LogP contribution in [0.4, 0.5) is 0 Å². The summed E-state index contributed by atoms with van der Waals surface area (Å²) in [7, 11) is 0. The van der Waals surface area contributed by atoms with Gasteiger partial charge in [-0.3, -0.25) is 4.98 Å². The van der Waals surface area contributed by atoms with Gasteiger partial charge in [-0.1, -0.05) is 6.07 Å². The van der Waals surface area contributed by atoms with Crippen LogP contribution in [-0.2, 0) is 19.4 Å². The van der Waals surface area contributed by atoms with Crippen LogP contribution >= 0.6 is 0 Å². The van der Waals surface area contributed by atoms with E-state index < -0.39 is 0 Å². The van der Waals surface area contributed by atoms with Gasteiger partial charge in [0.15, 0.2) is 0 Å². The molecule has 0 atom stereocenters. The third-order valence-electron chi connectivity index (χ3n) is 4.05. The topological polar surface area (TPSA) is 35.3 Å². The highest BCUT2D eigenvalue weighted by atomic mass is 16.5.